The quantitative estimate of drug-likeness (QED) is 0.613. The fraction of sp³-hybridized carbons (Fsp3) is 0. The van der Waals surface area contributed by atoms with Crippen LogP contribution in [-0.2, 0) is 10.1 Å². The van der Waals surface area contributed by atoms with Crippen LogP contribution in [0.4, 0.5) is 0 Å². The largest absolute Gasteiger partial charge is 0.299 e. The van der Waals surface area contributed by atoms with Crippen LogP contribution in [0.15, 0.2) is 11.1 Å². The number of halogens is 1. The highest BCUT2D eigenvalue weighted by atomic mass is 35.5. The Morgan fingerprint density at radius 3 is 2.50 bits per heavy atom. The van der Waals surface area contributed by atoms with Crippen molar-refractivity contribution in [2.75, 3.05) is 0 Å². The lowest BCUT2D eigenvalue weighted by molar-refractivity contribution is 0.483. The Morgan fingerprint density at radius 2 is 2.30 bits per heavy atom. The number of hydrogen-bond acceptors (Lipinski definition) is 3. The van der Waals surface area contributed by atoms with Gasteiger partial charge >= 0.3 is 0 Å². The fourth-order valence-electron chi connectivity index (χ4n) is 0.439. The maximum absolute atomic E-state index is 10.3. The van der Waals surface area contributed by atoms with Gasteiger partial charge in [-0.05, 0) is 0 Å². The van der Waals surface area contributed by atoms with Gasteiger partial charge < -0.3 is 0 Å². The van der Waals surface area contributed by atoms with Crippen molar-refractivity contribution in [3.63, 3.8) is 0 Å². The van der Waals surface area contributed by atoms with Crippen molar-refractivity contribution >= 4 is 21.7 Å². The maximum Gasteiger partial charge on any atom is 0.299 e. The molecule has 0 unspecified atom stereocenters. The van der Waals surface area contributed by atoms with E-state index >= 15 is 0 Å². The summed E-state index contributed by atoms with van der Waals surface area (Å²) in [5.74, 6) is 0. The molecule has 0 fully saturated rings. The van der Waals surface area contributed by atoms with Crippen LogP contribution >= 0.6 is 11.6 Å². The molecule has 0 aliphatic rings. The zero-order valence-corrected chi connectivity index (χ0v) is 6.15. The van der Waals surface area contributed by atoms with Crippen molar-refractivity contribution in [3.8, 4) is 0 Å². The molecule has 0 atom stereocenters. The standard InChI is InChI=1S/C3H3ClN2O3S/c4-3-2(1-5-6-3)10(7,8)9/h1H,(H,5,6)(H,7,8,9). The Kier molecular flexibility index (Phi) is 1.67. The highest BCUT2D eigenvalue weighted by Crippen LogP contribution is 2.15. The topological polar surface area (TPSA) is 83.1 Å². The summed E-state index contributed by atoms with van der Waals surface area (Å²) in [5, 5.41) is 5.25. The van der Waals surface area contributed by atoms with Gasteiger partial charge in [-0.25, -0.2) is 0 Å². The van der Waals surface area contributed by atoms with Crippen LogP contribution in [-0.4, -0.2) is 23.2 Å². The van der Waals surface area contributed by atoms with E-state index in [-0.39, 0.29) is 5.15 Å². The third-order valence-corrected chi connectivity index (χ3v) is 2.10. The van der Waals surface area contributed by atoms with E-state index < -0.39 is 15.0 Å². The van der Waals surface area contributed by atoms with Crippen molar-refractivity contribution in [2.45, 2.75) is 4.90 Å². The first-order valence-corrected chi connectivity index (χ1v) is 4.00. The molecule has 0 saturated heterocycles. The van der Waals surface area contributed by atoms with Crippen LogP contribution in [0.1, 0.15) is 0 Å². The lowest BCUT2D eigenvalue weighted by Crippen LogP contribution is -1.96. The average Bonchev–Trinajstić information content (AvgIpc) is 2.11. The maximum atomic E-state index is 10.3. The summed E-state index contributed by atoms with van der Waals surface area (Å²) in [4.78, 5) is -0.408. The molecule has 0 bridgehead atoms. The summed E-state index contributed by atoms with van der Waals surface area (Å²) in [6.45, 7) is 0. The van der Waals surface area contributed by atoms with E-state index in [9.17, 15) is 8.42 Å². The summed E-state index contributed by atoms with van der Waals surface area (Å²) in [6.07, 6.45) is 0.928. The van der Waals surface area contributed by atoms with Gasteiger partial charge in [-0.15, -0.1) is 0 Å². The van der Waals surface area contributed by atoms with Crippen molar-refractivity contribution in [1.82, 2.24) is 10.2 Å². The molecule has 1 heterocycles. The van der Waals surface area contributed by atoms with Gasteiger partial charge in [0.2, 0.25) is 0 Å². The highest BCUT2D eigenvalue weighted by molar-refractivity contribution is 7.86. The number of nitrogens with zero attached hydrogens (tertiary/aromatic N) is 1. The Morgan fingerprint density at radius 1 is 1.70 bits per heavy atom. The summed E-state index contributed by atoms with van der Waals surface area (Å²) in [6, 6.07) is 0. The number of H-pyrrole nitrogens is 1. The number of nitrogens with one attached hydrogen (secondary N) is 1. The van der Waals surface area contributed by atoms with Gasteiger partial charge in [0.1, 0.15) is 5.15 Å². The second-order valence-corrected chi connectivity index (χ2v) is 3.29. The third-order valence-electron chi connectivity index (χ3n) is 0.839. The molecule has 0 aliphatic carbocycles. The van der Waals surface area contributed by atoms with Crippen LogP contribution in [0.25, 0.3) is 0 Å². The average molecular weight is 183 g/mol. The van der Waals surface area contributed by atoms with Crippen LogP contribution in [0.3, 0.4) is 0 Å². The van der Waals surface area contributed by atoms with E-state index in [0.717, 1.165) is 6.20 Å². The molecule has 0 aliphatic heterocycles. The lowest BCUT2D eigenvalue weighted by Gasteiger charge is -1.87. The van der Waals surface area contributed by atoms with Crippen LogP contribution < -0.4 is 0 Å². The minimum absolute atomic E-state index is 0.192. The fourth-order valence-corrected chi connectivity index (χ4v) is 1.29. The summed E-state index contributed by atoms with van der Waals surface area (Å²) >= 11 is 5.27. The van der Waals surface area contributed by atoms with E-state index in [0.29, 0.717) is 0 Å². The molecule has 56 valence electrons. The van der Waals surface area contributed by atoms with E-state index in [1.54, 1.807) is 0 Å². The van der Waals surface area contributed by atoms with E-state index in [1.165, 1.54) is 0 Å². The molecule has 5 nitrogen and oxygen atoms in total. The first-order chi connectivity index (χ1) is 4.52. The minimum Gasteiger partial charge on any atom is -0.282 e. The molecule has 2 N–H and O–H groups in total. The molecule has 0 saturated carbocycles. The predicted molar refractivity (Wildman–Crippen MR) is 33.4 cm³/mol. The van der Waals surface area contributed by atoms with Gasteiger partial charge in [0.15, 0.2) is 4.90 Å². The molecule has 1 rings (SSSR count). The number of hydrogen-bond donors (Lipinski definition) is 2. The lowest BCUT2D eigenvalue weighted by atomic mass is 10.7. The highest BCUT2D eigenvalue weighted by Gasteiger charge is 2.15. The van der Waals surface area contributed by atoms with Crippen molar-refractivity contribution in [2.24, 2.45) is 0 Å². The summed E-state index contributed by atoms with van der Waals surface area (Å²) in [5.41, 5.74) is 0. The van der Waals surface area contributed by atoms with Crippen molar-refractivity contribution in [1.29, 1.82) is 0 Å². The van der Waals surface area contributed by atoms with Crippen LogP contribution in [0.2, 0.25) is 5.15 Å². The molecule has 7 heteroatoms. The smallest absolute Gasteiger partial charge is 0.282 e. The van der Waals surface area contributed by atoms with Gasteiger partial charge in [-0.1, -0.05) is 11.6 Å². The normalized spacial score (nSPS) is 11.8. The zero-order chi connectivity index (χ0) is 7.78. The SMILES string of the molecule is O=S(=O)(O)c1cn[nH]c1Cl. The molecule has 10 heavy (non-hydrogen) atoms. The van der Waals surface area contributed by atoms with Crippen LogP contribution in [0.5, 0.6) is 0 Å². The third kappa shape index (κ3) is 1.28. The van der Waals surface area contributed by atoms with Crippen molar-refractivity contribution in [3.05, 3.63) is 11.3 Å². The molecule has 0 spiro atoms. The molecular formula is C3H3ClN2O3S. The molecule has 0 aromatic carbocycles. The summed E-state index contributed by atoms with van der Waals surface area (Å²) < 4.78 is 29.0. The second kappa shape index (κ2) is 2.22. The monoisotopic (exact) mass is 182 g/mol. The van der Waals surface area contributed by atoms with E-state index in [1.807, 2.05) is 0 Å². The number of rotatable bonds is 1. The van der Waals surface area contributed by atoms with E-state index in [4.69, 9.17) is 16.2 Å². The summed E-state index contributed by atoms with van der Waals surface area (Å²) in [7, 11) is -4.22. The van der Waals surface area contributed by atoms with Crippen LogP contribution in [0, 0.1) is 0 Å². The van der Waals surface area contributed by atoms with Gasteiger partial charge in [0.25, 0.3) is 10.1 Å². The Balaban J connectivity index is 3.32. The van der Waals surface area contributed by atoms with E-state index in [2.05, 4.69) is 10.2 Å². The molecule has 0 radical (unpaired) electrons. The predicted octanol–water partition coefficient (Wildman–Crippen LogP) is 0.310. The Labute approximate surface area is 61.8 Å². The number of aromatic nitrogens is 2. The zero-order valence-electron chi connectivity index (χ0n) is 4.57. The second-order valence-electron chi connectivity index (χ2n) is 1.52. The van der Waals surface area contributed by atoms with Gasteiger partial charge in [-0.2, -0.15) is 13.5 Å². The number of aromatic amines is 1. The van der Waals surface area contributed by atoms with Gasteiger partial charge in [-0.3, -0.25) is 9.65 Å². The molecule has 1 aromatic heterocycles. The minimum atomic E-state index is -4.22. The molecule has 0 amide bonds. The first-order valence-electron chi connectivity index (χ1n) is 2.18. The molecule has 1 aromatic rings. The first kappa shape index (κ1) is 7.52. The van der Waals surface area contributed by atoms with Gasteiger partial charge in [0.05, 0.1) is 6.20 Å². The Hall–Kier alpha value is -0.590. The molecular weight excluding hydrogens is 180 g/mol. The Bertz CT molecular complexity index is 329. The van der Waals surface area contributed by atoms with Crippen molar-refractivity contribution < 1.29 is 13.0 Å². The van der Waals surface area contributed by atoms with Gasteiger partial charge in [0, 0.05) is 0 Å².